The van der Waals surface area contributed by atoms with Gasteiger partial charge in [0.05, 0.1) is 19.0 Å². The summed E-state index contributed by atoms with van der Waals surface area (Å²) in [6.45, 7) is 4.24. The van der Waals surface area contributed by atoms with Gasteiger partial charge in [-0.3, -0.25) is 0 Å². The van der Waals surface area contributed by atoms with Crippen molar-refractivity contribution in [1.82, 2.24) is 0 Å². The van der Waals surface area contributed by atoms with E-state index < -0.39 is 11.6 Å². The van der Waals surface area contributed by atoms with E-state index in [0.29, 0.717) is 18.3 Å². The lowest BCUT2D eigenvalue weighted by molar-refractivity contribution is 0.116. The number of allylic oxidation sites excluding steroid dienone is 1. The summed E-state index contributed by atoms with van der Waals surface area (Å²) < 4.78 is 39.5. The van der Waals surface area contributed by atoms with E-state index in [1.165, 1.54) is 25.3 Å². The summed E-state index contributed by atoms with van der Waals surface area (Å²) in [7, 11) is 0. The minimum Gasteiger partial charge on any atom is -0.498 e. The van der Waals surface area contributed by atoms with E-state index in [0.717, 1.165) is 30.4 Å². The van der Waals surface area contributed by atoms with E-state index in [-0.39, 0.29) is 11.3 Å². The SMILES string of the molecule is CCCCCC1CCC(c2ccc(-c3ccc(OCC)c(F)c3F)cc2)=CO1. The van der Waals surface area contributed by atoms with E-state index in [2.05, 4.69) is 6.92 Å². The quantitative estimate of drug-likeness (QED) is 0.449. The van der Waals surface area contributed by atoms with E-state index in [9.17, 15) is 8.78 Å². The van der Waals surface area contributed by atoms with Gasteiger partial charge in [-0.2, -0.15) is 4.39 Å². The van der Waals surface area contributed by atoms with Crippen LogP contribution in [0.1, 0.15) is 57.9 Å². The molecule has 28 heavy (non-hydrogen) atoms. The van der Waals surface area contributed by atoms with Crippen molar-refractivity contribution in [3.63, 3.8) is 0 Å². The normalized spacial score (nSPS) is 16.4. The second-order valence-corrected chi connectivity index (χ2v) is 7.19. The minimum absolute atomic E-state index is 0.0571. The second-order valence-electron chi connectivity index (χ2n) is 7.19. The molecule has 0 N–H and O–H groups in total. The molecule has 2 aromatic carbocycles. The van der Waals surface area contributed by atoms with Crippen molar-refractivity contribution in [2.75, 3.05) is 6.61 Å². The highest BCUT2D eigenvalue weighted by molar-refractivity contribution is 5.71. The van der Waals surface area contributed by atoms with Gasteiger partial charge in [-0.15, -0.1) is 0 Å². The van der Waals surface area contributed by atoms with Crippen molar-refractivity contribution in [2.24, 2.45) is 0 Å². The predicted octanol–water partition coefficient (Wildman–Crippen LogP) is 7.13. The van der Waals surface area contributed by atoms with Crippen LogP contribution in [-0.4, -0.2) is 12.7 Å². The molecule has 1 atom stereocenters. The molecule has 0 amide bonds. The molecule has 0 fully saturated rings. The van der Waals surface area contributed by atoms with Crippen LogP contribution in [0.4, 0.5) is 8.78 Å². The van der Waals surface area contributed by atoms with Crippen molar-refractivity contribution in [2.45, 2.75) is 58.5 Å². The molecule has 1 aliphatic heterocycles. The molecular weight excluding hydrogens is 358 g/mol. The predicted molar refractivity (Wildman–Crippen MR) is 109 cm³/mol. The topological polar surface area (TPSA) is 18.5 Å². The number of benzene rings is 2. The number of halogens is 2. The third-order valence-electron chi connectivity index (χ3n) is 5.18. The van der Waals surface area contributed by atoms with Gasteiger partial charge < -0.3 is 9.47 Å². The third-order valence-corrected chi connectivity index (χ3v) is 5.18. The van der Waals surface area contributed by atoms with Gasteiger partial charge in [-0.25, -0.2) is 4.39 Å². The van der Waals surface area contributed by atoms with Crippen LogP contribution in [0.25, 0.3) is 16.7 Å². The second kappa shape index (κ2) is 9.72. The maximum atomic E-state index is 14.4. The first-order valence-electron chi connectivity index (χ1n) is 10.2. The molecule has 0 aromatic heterocycles. The van der Waals surface area contributed by atoms with Crippen molar-refractivity contribution >= 4 is 5.57 Å². The van der Waals surface area contributed by atoms with Crippen LogP contribution >= 0.6 is 0 Å². The molecule has 4 heteroatoms. The molecule has 0 saturated heterocycles. The Hall–Kier alpha value is -2.36. The molecule has 2 nitrogen and oxygen atoms in total. The maximum Gasteiger partial charge on any atom is 0.201 e. The lowest BCUT2D eigenvalue weighted by Gasteiger charge is -2.23. The first-order valence-corrected chi connectivity index (χ1v) is 10.2. The Bertz CT molecular complexity index is 812. The fraction of sp³-hybridized carbons (Fsp3) is 0.417. The summed E-state index contributed by atoms with van der Waals surface area (Å²) in [4.78, 5) is 0. The van der Waals surface area contributed by atoms with Crippen LogP contribution in [0.5, 0.6) is 5.75 Å². The Morgan fingerprint density at radius 3 is 2.36 bits per heavy atom. The number of ether oxygens (including phenoxy) is 2. The average Bonchev–Trinajstić information content (AvgIpc) is 2.73. The van der Waals surface area contributed by atoms with Crippen LogP contribution in [0.15, 0.2) is 42.7 Å². The Morgan fingerprint density at radius 2 is 1.71 bits per heavy atom. The van der Waals surface area contributed by atoms with Crippen molar-refractivity contribution in [3.8, 4) is 16.9 Å². The van der Waals surface area contributed by atoms with Crippen LogP contribution in [0.2, 0.25) is 0 Å². The Kier molecular flexibility index (Phi) is 7.07. The molecule has 3 rings (SSSR count). The number of hydrogen-bond donors (Lipinski definition) is 0. The van der Waals surface area contributed by atoms with Crippen LogP contribution < -0.4 is 4.74 Å². The molecule has 0 radical (unpaired) electrons. The summed E-state index contributed by atoms with van der Waals surface area (Å²) in [6.07, 6.45) is 8.97. The zero-order valence-electron chi connectivity index (χ0n) is 16.6. The molecular formula is C24H28F2O2. The van der Waals surface area contributed by atoms with Crippen LogP contribution in [0, 0.1) is 11.6 Å². The fourth-order valence-corrected chi connectivity index (χ4v) is 3.55. The molecule has 1 unspecified atom stereocenters. The first kappa shape index (κ1) is 20.4. The Balaban J connectivity index is 1.70. The van der Waals surface area contributed by atoms with Gasteiger partial charge in [0.25, 0.3) is 0 Å². The van der Waals surface area contributed by atoms with Crippen LogP contribution in [0.3, 0.4) is 0 Å². The Labute approximate surface area is 166 Å². The van der Waals surface area contributed by atoms with Crippen molar-refractivity contribution < 1.29 is 18.3 Å². The van der Waals surface area contributed by atoms with Gasteiger partial charge in [0, 0.05) is 5.56 Å². The lowest BCUT2D eigenvalue weighted by Crippen LogP contribution is -2.14. The summed E-state index contributed by atoms with van der Waals surface area (Å²) in [5, 5.41) is 0. The summed E-state index contributed by atoms with van der Waals surface area (Å²) >= 11 is 0. The van der Waals surface area contributed by atoms with E-state index >= 15 is 0 Å². The van der Waals surface area contributed by atoms with Gasteiger partial charge in [0.1, 0.15) is 0 Å². The highest BCUT2D eigenvalue weighted by atomic mass is 19.2. The molecule has 0 aliphatic carbocycles. The molecule has 0 spiro atoms. The first-order chi connectivity index (χ1) is 13.6. The third kappa shape index (κ3) is 4.73. The summed E-state index contributed by atoms with van der Waals surface area (Å²) in [5.41, 5.74) is 3.08. The Morgan fingerprint density at radius 1 is 0.964 bits per heavy atom. The monoisotopic (exact) mass is 386 g/mol. The maximum absolute atomic E-state index is 14.4. The van der Waals surface area contributed by atoms with Gasteiger partial charge in [-0.05, 0) is 61.4 Å². The number of unbranched alkanes of at least 4 members (excludes halogenated alkanes) is 2. The number of hydrogen-bond acceptors (Lipinski definition) is 2. The molecule has 1 aliphatic rings. The smallest absolute Gasteiger partial charge is 0.201 e. The highest BCUT2D eigenvalue weighted by Gasteiger charge is 2.18. The van der Waals surface area contributed by atoms with E-state index in [1.807, 2.05) is 30.5 Å². The lowest BCUT2D eigenvalue weighted by atomic mass is 9.95. The fourth-order valence-electron chi connectivity index (χ4n) is 3.55. The largest absolute Gasteiger partial charge is 0.498 e. The zero-order chi connectivity index (χ0) is 19.9. The zero-order valence-corrected chi connectivity index (χ0v) is 16.6. The van der Waals surface area contributed by atoms with Gasteiger partial charge >= 0.3 is 0 Å². The van der Waals surface area contributed by atoms with Crippen molar-refractivity contribution in [3.05, 3.63) is 59.9 Å². The molecule has 0 saturated carbocycles. The average molecular weight is 386 g/mol. The number of rotatable bonds is 8. The highest BCUT2D eigenvalue weighted by Crippen LogP contribution is 2.32. The molecule has 1 heterocycles. The van der Waals surface area contributed by atoms with Gasteiger partial charge in [0.15, 0.2) is 11.6 Å². The molecule has 2 aromatic rings. The van der Waals surface area contributed by atoms with Gasteiger partial charge in [0.2, 0.25) is 5.82 Å². The van der Waals surface area contributed by atoms with Crippen molar-refractivity contribution in [1.29, 1.82) is 0 Å². The van der Waals surface area contributed by atoms with Crippen LogP contribution in [-0.2, 0) is 4.74 Å². The minimum atomic E-state index is -0.944. The standard InChI is InChI=1S/C24H28F2O2/c1-3-5-6-7-20-13-12-19(16-28-20)17-8-10-18(11-9-17)21-14-15-22(27-4-2)24(26)23(21)25/h8-11,14-16,20H,3-7,12-13H2,1-2H3. The van der Waals surface area contributed by atoms with E-state index in [1.54, 1.807) is 13.0 Å². The van der Waals surface area contributed by atoms with E-state index in [4.69, 9.17) is 9.47 Å². The summed E-state index contributed by atoms with van der Waals surface area (Å²) in [6, 6.07) is 10.6. The molecule has 0 bridgehead atoms. The molecule has 150 valence electrons. The van der Waals surface area contributed by atoms with Gasteiger partial charge in [-0.1, -0.05) is 44.0 Å². The summed E-state index contributed by atoms with van der Waals surface area (Å²) in [5.74, 6) is -1.88.